The van der Waals surface area contributed by atoms with E-state index in [2.05, 4.69) is 23.1 Å². The van der Waals surface area contributed by atoms with Crippen LogP contribution in [0.15, 0.2) is 47.3 Å². The van der Waals surface area contributed by atoms with Crippen molar-refractivity contribution in [1.82, 2.24) is 14.5 Å². The number of fused-ring (bicyclic) bond motifs is 2. The van der Waals surface area contributed by atoms with E-state index in [0.717, 1.165) is 62.5 Å². The van der Waals surface area contributed by atoms with Gasteiger partial charge in [0.05, 0.1) is 23.6 Å². The molecule has 0 amide bonds. The molecule has 1 unspecified atom stereocenters. The number of benzene rings is 2. The second-order valence-electron chi connectivity index (χ2n) is 7.84. The van der Waals surface area contributed by atoms with E-state index >= 15 is 0 Å². The molecule has 1 atom stereocenters. The van der Waals surface area contributed by atoms with Gasteiger partial charge in [0.2, 0.25) is 0 Å². The van der Waals surface area contributed by atoms with Crippen LogP contribution in [0, 0.1) is 0 Å². The SMILES string of the molecule is Cn1c(C2CCCN2CCc2ccc3c(c2)CCO3)nc2ccccc2c1=O. The molecule has 3 aromatic rings. The molecule has 2 aliphatic rings. The Morgan fingerprint density at radius 1 is 1.21 bits per heavy atom. The normalized spacial score (nSPS) is 19.1. The second kappa shape index (κ2) is 7.06. The number of ether oxygens (including phenoxy) is 1. The lowest BCUT2D eigenvalue weighted by atomic mass is 10.1. The van der Waals surface area contributed by atoms with Crippen molar-refractivity contribution in [2.45, 2.75) is 31.7 Å². The van der Waals surface area contributed by atoms with Crippen LogP contribution in [-0.2, 0) is 19.9 Å². The van der Waals surface area contributed by atoms with Gasteiger partial charge in [0, 0.05) is 20.0 Å². The van der Waals surface area contributed by atoms with Gasteiger partial charge in [-0.2, -0.15) is 0 Å². The van der Waals surface area contributed by atoms with E-state index in [4.69, 9.17) is 9.72 Å². The lowest BCUT2D eigenvalue weighted by molar-refractivity contribution is 0.246. The summed E-state index contributed by atoms with van der Waals surface area (Å²) >= 11 is 0. The summed E-state index contributed by atoms with van der Waals surface area (Å²) in [6.45, 7) is 2.84. The molecule has 3 heterocycles. The monoisotopic (exact) mass is 375 g/mol. The average molecular weight is 375 g/mol. The van der Waals surface area contributed by atoms with Crippen LogP contribution in [0.4, 0.5) is 0 Å². The Morgan fingerprint density at radius 2 is 2.11 bits per heavy atom. The van der Waals surface area contributed by atoms with Crippen molar-refractivity contribution < 1.29 is 4.74 Å². The average Bonchev–Trinajstić information content (AvgIpc) is 3.38. The molecule has 144 valence electrons. The number of nitrogens with zero attached hydrogens (tertiary/aromatic N) is 3. The minimum Gasteiger partial charge on any atom is -0.493 e. The topological polar surface area (TPSA) is 47.4 Å². The summed E-state index contributed by atoms with van der Waals surface area (Å²) in [7, 11) is 1.86. The van der Waals surface area contributed by atoms with E-state index in [0.29, 0.717) is 5.39 Å². The third-order valence-electron chi connectivity index (χ3n) is 6.12. The lowest BCUT2D eigenvalue weighted by Gasteiger charge is -2.25. The third kappa shape index (κ3) is 3.00. The van der Waals surface area contributed by atoms with Crippen molar-refractivity contribution in [1.29, 1.82) is 0 Å². The zero-order valence-corrected chi connectivity index (χ0v) is 16.2. The molecule has 1 fully saturated rings. The zero-order chi connectivity index (χ0) is 19.1. The van der Waals surface area contributed by atoms with E-state index in [-0.39, 0.29) is 11.6 Å². The van der Waals surface area contributed by atoms with Crippen LogP contribution in [0.25, 0.3) is 10.9 Å². The minimum absolute atomic E-state index is 0.0473. The Morgan fingerprint density at radius 3 is 3.04 bits per heavy atom. The largest absolute Gasteiger partial charge is 0.493 e. The summed E-state index contributed by atoms with van der Waals surface area (Å²) < 4.78 is 7.36. The van der Waals surface area contributed by atoms with Crippen LogP contribution in [-0.4, -0.2) is 34.1 Å². The number of hydrogen-bond donors (Lipinski definition) is 0. The standard InChI is InChI=1S/C23H25N3O2/c1-25-22(24-19-6-3-2-5-18(19)23(25)27)20-7-4-12-26(20)13-10-16-8-9-21-17(15-16)11-14-28-21/h2-3,5-6,8-9,15,20H,4,7,10-14H2,1H3. The molecular formula is C23H25N3O2. The Balaban J connectivity index is 1.39. The molecule has 28 heavy (non-hydrogen) atoms. The Labute approximate surface area is 164 Å². The quantitative estimate of drug-likeness (QED) is 0.702. The highest BCUT2D eigenvalue weighted by atomic mass is 16.5. The summed E-state index contributed by atoms with van der Waals surface area (Å²) in [5, 5.41) is 0.693. The first-order valence-corrected chi connectivity index (χ1v) is 10.1. The molecule has 0 bridgehead atoms. The molecular weight excluding hydrogens is 350 g/mol. The first kappa shape index (κ1) is 17.4. The van der Waals surface area contributed by atoms with Crippen LogP contribution >= 0.6 is 0 Å². The number of rotatable bonds is 4. The van der Waals surface area contributed by atoms with E-state index in [1.165, 1.54) is 11.1 Å². The molecule has 0 radical (unpaired) electrons. The summed E-state index contributed by atoms with van der Waals surface area (Å²) in [4.78, 5) is 20.2. The predicted molar refractivity (Wildman–Crippen MR) is 110 cm³/mol. The Hall–Kier alpha value is -2.66. The first-order chi connectivity index (χ1) is 13.7. The molecule has 5 rings (SSSR count). The van der Waals surface area contributed by atoms with Gasteiger partial charge in [-0.3, -0.25) is 14.3 Å². The number of likely N-dealkylation sites (tertiary alicyclic amines) is 1. The number of hydrogen-bond acceptors (Lipinski definition) is 4. The van der Waals surface area contributed by atoms with Crippen LogP contribution in [0.5, 0.6) is 5.75 Å². The fourth-order valence-corrected chi connectivity index (χ4v) is 4.59. The molecule has 0 spiro atoms. The molecule has 5 heteroatoms. The van der Waals surface area contributed by atoms with E-state index in [9.17, 15) is 4.79 Å². The summed E-state index contributed by atoms with van der Waals surface area (Å²) in [5.41, 5.74) is 3.53. The highest BCUT2D eigenvalue weighted by Gasteiger charge is 2.29. The van der Waals surface area contributed by atoms with E-state index in [1.807, 2.05) is 31.3 Å². The summed E-state index contributed by atoms with van der Waals surface area (Å²) in [6, 6.07) is 14.4. The zero-order valence-electron chi connectivity index (χ0n) is 16.2. The van der Waals surface area contributed by atoms with Crippen molar-refractivity contribution >= 4 is 10.9 Å². The fraction of sp³-hybridized carbons (Fsp3) is 0.391. The van der Waals surface area contributed by atoms with Crippen LogP contribution in [0.3, 0.4) is 0 Å². The maximum atomic E-state index is 12.8. The summed E-state index contributed by atoms with van der Waals surface area (Å²) in [5.74, 6) is 1.93. The first-order valence-electron chi connectivity index (χ1n) is 10.1. The van der Waals surface area contributed by atoms with Crippen molar-refractivity contribution in [2.75, 3.05) is 19.7 Å². The van der Waals surface area contributed by atoms with Crippen molar-refractivity contribution in [3.63, 3.8) is 0 Å². The predicted octanol–water partition coefficient (Wildman–Crippen LogP) is 3.25. The molecule has 2 aliphatic heterocycles. The highest BCUT2D eigenvalue weighted by molar-refractivity contribution is 5.77. The summed E-state index contributed by atoms with van der Waals surface area (Å²) in [6.07, 6.45) is 4.21. The lowest BCUT2D eigenvalue weighted by Crippen LogP contribution is -2.32. The van der Waals surface area contributed by atoms with Gasteiger partial charge in [-0.05, 0) is 55.1 Å². The van der Waals surface area contributed by atoms with Crippen molar-refractivity contribution in [3.8, 4) is 5.75 Å². The van der Waals surface area contributed by atoms with Gasteiger partial charge in [-0.15, -0.1) is 0 Å². The second-order valence-corrected chi connectivity index (χ2v) is 7.84. The third-order valence-corrected chi connectivity index (χ3v) is 6.12. The van der Waals surface area contributed by atoms with Crippen LogP contribution in [0.1, 0.15) is 35.8 Å². The fourth-order valence-electron chi connectivity index (χ4n) is 4.59. The maximum absolute atomic E-state index is 12.8. The molecule has 5 nitrogen and oxygen atoms in total. The van der Waals surface area contributed by atoms with Crippen molar-refractivity contribution in [2.24, 2.45) is 7.05 Å². The van der Waals surface area contributed by atoms with Gasteiger partial charge < -0.3 is 4.74 Å². The van der Waals surface area contributed by atoms with Crippen LogP contribution in [0.2, 0.25) is 0 Å². The van der Waals surface area contributed by atoms with Gasteiger partial charge in [0.15, 0.2) is 0 Å². The number of aromatic nitrogens is 2. The van der Waals surface area contributed by atoms with Gasteiger partial charge in [0.25, 0.3) is 5.56 Å². The Kier molecular flexibility index (Phi) is 4.40. The van der Waals surface area contributed by atoms with Gasteiger partial charge in [-0.25, -0.2) is 4.98 Å². The van der Waals surface area contributed by atoms with Gasteiger partial charge in [0.1, 0.15) is 11.6 Å². The molecule has 0 aliphatic carbocycles. The molecule has 2 aromatic carbocycles. The number of para-hydroxylation sites is 1. The Bertz CT molecular complexity index is 1090. The van der Waals surface area contributed by atoms with Crippen molar-refractivity contribution in [3.05, 3.63) is 69.8 Å². The van der Waals surface area contributed by atoms with Gasteiger partial charge in [-0.1, -0.05) is 24.3 Å². The van der Waals surface area contributed by atoms with Gasteiger partial charge >= 0.3 is 0 Å². The van der Waals surface area contributed by atoms with Crippen LogP contribution < -0.4 is 10.3 Å². The van der Waals surface area contributed by atoms with E-state index < -0.39 is 0 Å². The maximum Gasteiger partial charge on any atom is 0.261 e. The van der Waals surface area contributed by atoms with E-state index in [1.54, 1.807) is 4.57 Å². The smallest absolute Gasteiger partial charge is 0.261 e. The molecule has 1 saturated heterocycles. The molecule has 0 saturated carbocycles. The molecule has 0 N–H and O–H groups in total. The minimum atomic E-state index is 0.0473. The molecule has 1 aromatic heterocycles. The highest BCUT2D eigenvalue weighted by Crippen LogP contribution is 2.31.